The van der Waals surface area contributed by atoms with Crippen LogP contribution in [0.1, 0.15) is 28.3 Å². The van der Waals surface area contributed by atoms with Crippen LogP contribution in [0.3, 0.4) is 0 Å². The number of hydrogen-bond donors (Lipinski definition) is 1. The predicted octanol–water partition coefficient (Wildman–Crippen LogP) is 1.27. The normalized spacial score (nSPS) is 16.6. The molecular formula is C17H18N6O. The Hall–Kier alpha value is -2.96. The van der Waals surface area contributed by atoms with Crippen molar-refractivity contribution in [3.05, 3.63) is 66.0 Å². The molecule has 3 aromatic rings. The highest BCUT2D eigenvalue weighted by Crippen LogP contribution is 2.13. The second kappa shape index (κ2) is 6.27. The van der Waals surface area contributed by atoms with Crippen LogP contribution >= 0.6 is 0 Å². The summed E-state index contributed by atoms with van der Waals surface area (Å²) < 4.78 is 3.76. The summed E-state index contributed by atoms with van der Waals surface area (Å²) in [5, 5.41) is 11.1. The molecule has 0 fully saturated rings. The van der Waals surface area contributed by atoms with Gasteiger partial charge in [-0.1, -0.05) is 35.5 Å². The van der Waals surface area contributed by atoms with Crippen molar-refractivity contribution in [2.24, 2.45) is 0 Å². The first kappa shape index (κ1) is 14.6. The van der Waals surface area contributed by atoms with E-state index in [4.69, 9.17) is 0 Å². The quantitative estimate of drug-likeness (QED) is 0.784. The highest BCUT2D eigenvalue weighted by Gasteiger charge is 2.22. The van der Waals surface area contributed by atoms with E-state index in [1.165, 1.54) is 0 Å². The number of fused-ring (bicyclic) bond motifs is 1. The lowest BCUT2D eigenvalue weighted by atomic mass is 10.1. The third kappa shape index (κ3) is 3.05. The van der Waals surface area contributed by atoms with E-state index >= 15 is 0 Å². The van der Waals surface area contributed by atoms with Gasteiger partial charge in [0.25, 0.3) is 5.91 Å². The molecule has 1 atom stereocenters. The number of rotatable bonds is 4. The number of nitrogens with zero attached hydrogens (tertiary/aromatic N) is 5. The molecule has 122 valence electrons. The van der Waals surface area contributed by atoms with E-state index < -0.39 is 0 Å². The van der Waals surface area contributed by atoms with Crippen LogP contribution in [0.2, 0.25) is 0 Å². The summed E-state index contributed by atoms with van der Waals surface area (Å²) in [5.41, 5.74) is 1.47. The van der Waals surface area contributed by atoms with Crippen molar-refractivity contribution in [1.29, 1.82) is 0 Å². The number of amides is 1. The average Bonchev–Trinajstić information content (AvgIpc) is 3.24. The van der Waals surface area contributed by atoms with Gasteiger partial charge in [0.1, 0.15) is 5.82 Å². The number of carbonyl (C=O) groups is 1. The third-order valence-electron chi connectivity index (χ3n) is 4.23. The Labute approximate surface area is 139 Å². The first-order valence-electron chi connectivity index (χ1n) is 8.03. The van der Waals surface area contributed by atoms with Gasteiger partial charge in [-0.3, -0.25) is 4.79 Å². The third-order valence-corrected chi connectivity index (χ3v) is 4.23. The molecule has 0 bridgehead atoms. The summed E-state index contributed by atoms with van der Waals surface area (Å²) in [6, 6.07) is 10.1. The summed E-state index contributed by atoms with van der Waals surface area (Å²) >= 11 is 0. The van der Waals surface area contributed by atoms with E-state index in [1.807, 2.05) is 36.5 Å². The Balaban J connectivity index is 1.39. The summed E-state index contributed by atoms with van der Waals surface area (Å²) in [5.74, 6) is 0.900. The fraction of sp³-hybridized carbons (Fsp3) is 0.294. The van der Waals surface area contributed by atoms with E-state index in [9.17, 15) is 4.79 Å². The minimum absolute atomic E-state index is 0.0958. The molecule has 1 N–H and O–H groups in total. The molecule has 0 unspecified atom stereocenters. The van der Waals surface area contributed by atoms with E-state index in [-0.39, 0.29) is 11.9 Å². The summed E-state index contributed by atoms with van der Waals surface area (Å²) in [7, 11) is 0. The van der Waals surface area contributed by atoms with Crippen molar-refractivity contribution >= 4 is 5.91 Å². The molecule has 1 amide bonds. The number of benzene rings is 1. The largest absolute Gasteiger partial charge is 0.346 e. The smallest absolute Gasteiger partial charge is 0.273 e. The maximum atomic E-state index is 12.4. The van der Waals surface area contributed by atoms with Gasteiger partial charge in [-0.25, -0.2) is 9.67 Å². The monoisotopic (exact) mass is 322 g/mol. The van der Waals surface area contributed by atoms with Crippen molar-refractivity contribution in [2.75, 3.05) is 0 Å². The van der Waals surface area contributed by atoms with Gasteiger partial charge in [-0.2, -0.15) is 0 Å². The average molecular weight is 322 g/mol. The number of imidazole rings is 1. The van der Waals surface area contributed by atoms with Crippen LogP contribution in [-0.4, -0.2) is 36.5 Å². The molecular weight excluding hydrogens is 304 g/mol. The van der Waals surface area contributed by atoms with Gasteiger partial charge in [0.2, 0.25) is 0 Å². The fourth-order valence-electron chi connectivity index (χ4n) is 2.99. The molecule has 0 aliphatic carbocycles. The summed E-state index contributed by atoms with van der Waals surface area (Å²) in [6.07, 6.45) is 7.20. The van der Waals surface area contributed by atoms with Crippen LogP contribution in [0, 0.1) is 0 Å². The molecule has 2 aromatic heterocycles. The molecule has 0 saturated carbocycles. The van der Waals surface area contributed by atoms with Crippen LogP contribution < -0.4 is 5.32 Å². The van der Waals surface area contributed by atoms with E-state index in [1.54, 1.807) is 17.1 Å². The van der Waals surface area contributed by atoms with Crippen LogP contribution in [0.25, 0.3) is 0 Å². The Morgan fingerprint density at radius 3 is 3.04 bits per heavy atom. The first-order chi connectivity index (χ1) is 11.8. The van der Waals surface area contributed by atoms with Gasteiger partial charge in [0.05, 0.1) is 12.7 Å². The van der Waals surface area contributed by atoms with Crippen LogP contribution in [0.4, 0.5) is 0 Å². The fourth-order valence-corrected chi connectivity index (χ4v) is 2.99. The Morgan fingerprint density at radius 2 is 2.17 bits per heavy atom. The van der Waals surface area contributed by atoms with Gasteiger partial charge in [0.15, 0.2) is 5.69 Å². The van der Waals surface area contributed by atoms with Crippen molar-refractivity contribution in [1.82, 2.24) is 29.9 Å². The van der Waals surface area contributed by atoms with Crippen molar-refractivity contribution in [3.63, 3.8) is 0 Å². The maximum absolute atomic E-state index is 12.4. The molecule has 1 aromatic carbocycles. The Kier molecular flexibility index (Phi) is 3.82. The number of aromatic nitrogens is 5. The minimum Gasteiger partial charge on any atom is -0.346 e. The molecule has 0 spiro atoms. The molecule has 24 heavy (non-hydrogen) atoms. The predicted molar refractivity (Wildman–Crippen MR) is 87.4 cm³/mol. The lowest BCUT2D eigenvalue weighted by Crippen LogP contribution is -2.41. The van der Waals surface area contributed by atoms with E-state index in [0.717, 1.165) is 30.8 Å². The molecule has 7 heteroatoms. The van der Waals surface area contributed by atoms with Crippen LogP contribution in [0.15, 0.2) is 48.9 Å². The second-order valence-electron chi connectivity index (χ2n) is 5.99. The van der Waals surface area contributed by atoms with Crippen molar-refractivity contribution in [3.8, 4) is 0 Å². The number of carbonyl (C=O) groups excluding carboxylic acids is 1. The molecule has 0 radical (unpaired) electrons. The maximum Gasteiger partial charge on any atom is 0.273 e. The van der Waals surface area contributed by atoms with Crippen molar-refractivity contribution < 1.29 is 4.79 Å². The van der Waals surface area contributed by atoms with Gasteiger partial charge < -0.3 is 9.88 Å². The standard InChI is InChI=1S/C17H18N6O/c24-17(19-14-6-7-16-18-8-9-22(16)11-14)15-12-23(21-20-15)10-13-4-2-1-3-5-13/h1-5,8-9,12,14H,6-7,10-11H2,(H,19,24)/t14-/m1/s1. The van der Waals surface area contributed by atoms with Crippen molar-refractivity contribution in [2.45, 2.75) is 32.0 Å². The minimum atomic E-state index is -0.178. The van der Waals surface area contributed by atoms with Crippen LogP contribution in [0.5, 0.6) is 0 Å². The molecule has 3 heterocycles. The lowest BCUT2D eigenvalue weighted by Gasteiger charge is -2.24. The molecule has 4 rings (SSSR count). The zero-order valence-electron chi connectivity index (χ0n) is 13.2. The highest BCUT2D eigenvalue weighted by atomic mass is 16.2. The highest BCUT2D eigenvalue weighted by molar-refractivity contribution is 5.92. The second-order valence-corrected chi connectivity index (χ2v) is 5.99. The number of aryl methyl sites for hydroxylation is 1. The zero-order valence-corrected chi connectivity index (χ0v) is 13.2. The van der Waals surface area contributed by atoms with Gasteiger partial charge >= 0.3 is 0 Å². The summed E-state index contributed by atoms with van der Waals surface area (Å²) in [6.45, 7) is 1.35. The topological polar surface area (TPSA) is 77.6 Å². The van der Waals surface area contributed by atoms with E-state index in [2.05, 4.69) is 25.2 Å². The molecule has 1 aliphatic heterocycles. The van der Waals surface area contributed by atoms with Gasteiger partial charge in [-0.05, 0) is 12.0 Å². The Bertz CT molecular complexity index is 838. The first-order valence-corrected chi connectivity index (χ1v) is 8.03. The summed E-state index contributed by atoms with van der Waals surface area (Å²) in [4.78, 5) is 16.7. The number of hydrogen-bond acceptors (Lipinski definition) is 4. The SMILES string of the molecule is O=C(N[C@@H]1CCc2nccn2C1)c1cn(Cc2ccccc2)nn1. The molecule has 0 saturated heterocycles. The van der Waals surface area contributed by atoms with E-state index in [0.29, 0.717) is 12.2 Å². The molecule has 7 nitrogen and oxygen atoms in total. The van der Waals surface area contributed by atoms with Crippen LogP contribution in [-0.2, 0) is 19.5 Å². The Morgan fingerprint density at radius 1 is 1.29 bits per heavy atom. The number of nitrogens with one attached hydrogen (secondary N) is 1. The van der Waals surface area contributed by atoms with Gasteiger partial charge in [-0.15, -0.1) is 5.10 Å². The lowest BCUT2D eigenvalue weighted by molar-refractivity contribution is 0.0922. The molecule has 1 aliphatic rings. The van der Waals surface area contributed by atoms with Gasteiger partial charge in [0, 0.05) is 31.4 Å². The zero-order chi connectivity index (χ0) is 16.4.